The molecule has 1 aliphatic heterocycles. The van der Waals surface area contributed by atoms with Crippen LogP contribution in [-0.2, 0) is 5.33 Å². The van der Waals surface area contributed by atoms with Gasteiger partial charge in [0.15, 0.2) is 34.5 Å². The van der Waals surface area contributed by atoms with Gasteiger partial charge in [0.1, 0.15) is 0 Å². The highest BCUT2D eigenvalue weighted by Crippen LogP contribution is 2.52. The van der Waals surface area contributed by atoms with Crippen molar-refractivity contribution in [2.24, 2.45) is 0 Å². The molecule has 0 amide bonds. The van der Waals surface area contributed by atoms with Gasteiger partial charge in [-0.15, -0.1) is 0 Å². The van der Waals surface area contributed by atoms with Gasteiger partial charge in [0.25, 0.3) is 0 Å². The molecule has 18 heavy (non-hydrogen) atoms. The van der Waals surface area contributed by atoms with Crippen LogP contribution in [0, 0.1) is 0 Å². The quantitative estimate of drug-likeness (QED) is 0.529. The van der Waals surface area contributed by atoms with Crippen molar-refractivity contribution in [3.63, 3.8) is 0 Å². The van der Waals surface area contributed by atoms with E-state index in [9.17, 15) is 10.2 Å². The van der Waals surface area contributed by atoms with Crippen molar-refractivity contribution >= 4 is 15.9 Å². The Kier molecular flexibility index (Phi) is 2.56. The number of phenolic OH excluding ortho intramolecular Hbond substituents is 2. The summed E-state index contributed by atoms with van der Waals surface area (Å²) in [4.78, 5) is 0. The third kappa shape index (κ3) is 1.59. The molecule has 4 nitrogen and oxygen atoms in total. The fourth-order valence-electron chi connectivity index (χ4n) is 1.83. The molecule has 5 heteroatoms. The third-order valence-electron chi connectivity index (χ3n) is 2.71. The predicted octanol–water partition coefficient (Wildman–Crippen LogP) is 3.89. The first kappa shape index (κ1) is 11.2. The maximum absolute atomic E-state index is 9.79. The smallest absolute Gasteiger partial charge is 0.178 e. The van der Waals surface area contributed by atoms with Gasteiger partial charge in [0.05, 0.1) is 5.56 Å². The molecule has 0 radical (unpaired) electrons. The summed E-state index contributed by atoms with van der Waals surface area (Å²) < 4.78 is 11.3. The van der Waals surface area contributed by atoms with Crippen LogP contribution in [0.1, 0.15) is 5.56 Å². The number of para-hydroxylation sites is 2. The van der Waals surface area contributed by atoms with Gasteiger partial charge in [-0.25, -0.2) is 0 Å². The van der Waals surface area contributed by atoms with Crippen molar-refractivity contribution in [3.05, 3.63) is 35.9 Å². The Labute approximate surface area is 112 Å². The van der Waals surface area contributed by atoms with E-state index < -0.39 is 0 Å². The lowest BCUT2D eigenvalue weighted by molar-refractivity contribution is 0.342. The summed E-state index contributed by atoms with van der Waals surface area (Å²) >= 11 is 3.25. The number of halogens is 1. The maximum atomic E-state index is 9.79. The molecule has 2 N–H and O–H groups in total. The number of hydrogen-bond donors (Lipinski definition) is 2. The second kappa shape index (κ2) is 4.10. The molecule has 2 aromatic rings. The first-order valence-electron chi connectivity index (χ1n) is 5.29. The zero-order valence-corrected chi connectivity index (χ0v) is 10.8. The number of benzene rings is 2. The van der Waals surface area contributed by atoms with Crippen molar-refractivity contribution in [1.82, 2.24) is 0 Å². The van der Waals surface area contributed by atoms with E-state index in [0.29, 0.717) is 33.9 Å². The van der Waals surface area contributed by atoms with Crippen LogP contribution >= 0.6 is 15.9 Å². The van der Waals surface area contributed by atoms with E-state index in [1.165, 1.54) is 6.07 Å². The number of hydrogen-bond acceptors (Lipinski definition) is 4. The van der Waals surface area contributed by atoms with E-state index in [-0.39, 0.29) is 11.5 Å². The number of aromatic hydroxyl groups is 2. The topological polar surface area (TPSA) is 58.9 Å². The van der Waals surface area contributed by atoms with E-state index in [1.54, 1.807) is 12.1 Å². The second-order valence-electron chi connectivity index (χ2n) is 3.83. The lowest BCUT2D eigenvalue weighted by Crippen LogP contribution is -2.01. The standard InChI is InChI=1S/C13H9BrO4/c14-6-7-12(16)8(15)5-11-13(7)18-10-4-2-1-3-9(10)17-11/h1-5,15-16H,6H2. The first-order valence-corrected chi connectivity index (χ1v) is 6.41. The van der Waals surface area contributed by atoms with E-state index in [0.717, 1.165) is 0 Å². The van der Waals surface area contributed by atoms with Crippen LogP contribution in [0.15, 0.2) is 30.3 Å². The summed E-state index contributed by atoms with van der Waals surface area (Å²) in [7, 11) is 0. The SMILES string of the molecule is Oc1cc2c(c(CBr)c1O)Oc1ccccc1O2. The Morgan fingerprint density at radius 1 is 1.00 bits per heavy atom. The van der Waals surface area contributed by atoms with Gasteiger partial charge in [0, 0.05) is 11.4 Å². The van der Waals surface area contributed by atoms with Gasteiger partial charge < -0.3 is 19.7 Å². The number of rotatable bonds is 1. The Bertz CT molecular complexity index is 625. The molecule has 0 spiro atoms. The summed E-state index contributed by atoms with van der Waals surface area (Å²) in [5.41, 5.74) is 0.458. The molecule has 3 rings (SSSR count). The van der Waals surface area contributed by atoms with E-state index >= 15 is 0 Å². The minimum atomic E-state index is -0.230. The van der Waals surface area contributed by atoms with Crippen molar-refractivity contribution < 1.29 is 19.7 Å². The normalized spacial score (nSPS) is 12.1. The van der Waals surface area contributed by atoms with Crippen LogP contribution < -0.4 is 9.47 Å². The van der Waals surface area contributed by atoms with Gasteiger partial charge >= 0.3 is 0 Å². The van der Waals surface area contributed by atoms with Crippen LogP contribution in [0.2, 0.25) is 0 Å². The third-order valence-corrected chi connectivity index (χ3v) is 3.27. The number of alkyl halides is 1. The molecule has 0 bridgehead atoms. The van der Waals surface area contributed by atoms with Crippen LogP contribution in [0.3, 0.4) is 0 Å². The van der Waals surface area contributed by atoms with Crippen LogP contribution in [-0.4, -0.2) is 10.2 Å². The minimum absolute atomic E-state index is 0.200. The highest BCUT2D eigenvalue weighted by molar-refractivity contribution is 9.08. The maximum Gasteiger partial charge on any atom is 0.178 e. The summed E-state index contributed by atoms with van der Waals surface area (Å²) in [6.07, 6.45) is 0. The molecule has 0 saturated carbocycles. The Balaban J connectivity index is 2.18. The van der Waals surface area contributed by atoms with Crippen molar-refractivity contribution in [2.75, 3.05) is 0 Å². The van der Waals surface area contributed by atoms with E-state index in [4.69, 9.17) is 9.47 Å². The van der Waals surface area contributed by atoms with Crippen LogP contribution in [0.5, 0.6) is 34.5 Å². The molecular weight excluding hydrogens is 300 g/mol. The van der Waals surface area contributed by atoms with E-state index in [2.05, 4.69) is 15.9 Å². The van der Waals surface area contributed by atoms with Gasteiger partial charge in [-0.3, -0.25) is 0 Å². The lowest BCUT2D eigenvalue weighted by Gasteiger charge is -2.23. The largest absolute Gasteiger partial charge is 0.504 e. The Hall–Kier alpha value is -1.88. The monoisotopic (exact) mass is 308 g/mol. The fraction of sp³-hybridized carbons (Fsp3) is 0.0769. The van der Waals surface area contributed by atoms with Crippen LogP contribution in [0.25, 0.3) is 0 Å². The van der Waals surface area contributed by atoms with Gasteiger partial charge in [-0.2, -0.15) is 0 Å². The predicted molar refractivity (Wildman–Crippen MR) is 69.0 cm³/mol. The zero-order chi connectivity index (χ0) is 12.7. The molecule has 0 aromatic heterocycles. The average Bonchev–Trinajstić information content (AvgIpc) is 2.38. The van der Waals surface area contributed by atoms with Crippen molar-refractivity contribution in [3.8, 4) is 34.5 Å². The van der Waals surface area contributed by atoms with Crippen molar-refractivity contribution in [1.29, 1.82) is 0 Å². The van der Waals surface area contributed by atoms with Gasteiger partial charge in [0.2, 0.25) is 0 Å². The van der Waals surface area contributed by atoms with Crippen LogP contribution in [0.4, 0.5) is 0 Å². The molecule has 2 aromatic carbocycles. The molecule has 1 heterocycles. The molecule has 0 unspecified atom stereocenters. The summed E-state index contributed by atoms with van der Waals surface area (Å²) in [6, 6.07) is 8.56. The molecule has 1 aliphatic rings. The first-order chi connectivity index (χ1) is 8.70. The summed E-state index contributed by atoms with van der Waals surface area (Å²) in [6.45, 7) is 0. The van der Waals surface area contributed by atoms with Crippen molar-refractivity contribution in [2.45, 2.75) is 5.33 Å². The second-order valence-corrected chi connectivity index (χ2v) is 4.40. The van der Waals surface area contributed by atoms with Gasteiger partial charge in [-0.1, -0.05) is 28.1 Å². The highest BCUT2D eigenvalue weighted by atomic mass is 79.9. The minimum Gasteiger partial charge on any atom is -0.504 e. The molecular formula is C13H9BrO4. The Morgan fingerprint density at radius 3 is 2.33 bits per heavy atom. The zero-order valence-electron chi connectivity index (χ0n) is 9.18. The Morgan fingerprint density at radius 2 is 1.67 bits per heavy atom. The summed E-state index contributed by atoms with van der Waals surface area (Å²) in [5.74, 6) is 1.53. The fourth-order valence-corrected chi connectivity index (χ4v) is 2.35. The molecule has 0 aliphatic carbocycles. The number of phenols is 2. The lowest BCUT2D eigenvalue weighted by atomic mass is 10.1. The molecule has 0 atom stereocenters. The number of ether oxygens (including phenoxy) is 2. The van der Waals surface area contributed by atoms with Gasteiger partial charge in [-0.05, 0) is 12.1 Å². The molecule has 92 valence electrons. The molecule has 0 fully saturated rings. The number of fused-ring (bicyclic) bond motifs is 2. The molecule has 0 saturated heterocycles. The van der Waals surface area contributed by atoms with E-state index in [1.807, 2.05) is 12.1 Å². The highest BCUT2D eigenvalue weighted by Gasteiger charge is 2.25. The average molecular weight is 309 g/mol. The summed E-state index contributed by atoms with van der Waals surface area (Å²) in [5, 5.41) is 19.8.